The number of carbonyl (C=O) groups is 1. The molecule has 3 heterocycles. The van der Waals surface area contributed by atoms with Gasteiger partial charge in [0.15, 0.2) is 0 Å². The Balaban J connectivity index is 1.43. The van der Waals surface area contributed by atoms with Crippen LogP contribution in [0.2, 0.25) is 0 Å². The highest BCUT2D eigenvalue weighted by atomic mass is 16.5. The van der Waals surface area contributed by atoms with Crippen molar-refractivity contribution in [1.82, 2.24) is 15.3 Å². The van der Waals surface area contributed by atoms with Gasteiger partial charge in [-0.05, 0) is 24.3 Å². The highest BCUT2D eigenvalue weighted by molar-refractivity contribution is 5.94. The first-order chi connectivity index (χ1) is 12.8. The minimum Gasteiger partial charge on any atom is -0.378 e. The summed E-state index contributed by atoms with van der Waals surface area (Å²) in [5, 5.41) is 3.92. The fourth-order valence-electron chi connectivity index (χ4n) is 2.99. The molecule has 0 saturated carbocycles. The third-order valence-corrected chi connectivity index (χ3v) is 4.39. The maximum absolute atomic E-state index is 12.4. The number of pyridine rings is 2. The van der Waals surface area contributed by atoms with Crippen molar-refractivity contribution in [2.75, 3.05) is 31.2 Å². The minimum atomic E-state index is -0.200. The molecule has 1 saturated heterocycles. The lowest BCUT2D eigenvalue weighted by atomic mass is 10.2. The number of morpholine rings is 1. The number of benzene rings is 1. The largest absolute Gasteiger partial charge is 0.378 e. The van der Waals surface area contributed by atoms with Crippen LogP contribution in [0.3, 0.4) is 0 Å². The number of ether oxygens (including phenoxy) is 1. The van der Waals surface area contributed by atoms with Crippen LogP contribution in [-0.4, -0.2) is 42.2 Å². The Morgan fingerprint density at radius 1 is 1.00 bits per heavy atom. The predicted molar refractivity (Wildman–Crippen MR) is 100 cm³/mol. The molecule has 0 atom stereocenters. The molecule has 6 nitrogen and oxygen atoms in total. The van der Waals surface area contributed by atoms with Crippen LogP contribution in [0, 0.1) is 0 Å². The molecule has 1 amide bonds. The van der Waals surface area contributed by atoms with Crippen molar-refractivity contribution in [3.05, 3.63) is 66.0 Å². The third-order valence-electron chi connectivity index (χ3n) is 4.39. The second-order valence-corrected chi connectivity index (χ2v) is 6.16. The molecule has 132 valence electrons. The van der Waals surface area contributed by atoms with Gasteiger partial charge in [-0.25, -0.2) is 9.97 Å². The molecular weight excluding hydrogens is 328 g/mol. The first kappa shape index (κ1) is 16.5. The normalized spacial score (nSPS) is 14.4. The number of nitrogens with one attached hydrogen (secondary N) is 1. The molecule has 1 aliphatic rings. The summed E-state index contributed by atoms with van der Waals surface area (Å²) in [5.74, 6) is 0.721. The summed E-state index contributed by atoms with van der Waals surface area (Å²) in [4.78, 5) is 23.7. The Kier molecular flexibility index (Phi) is 4.75. The molecule has 0 radical (unpaired) electrons. The first-order valence-electron chi connectivity index (χ1n) is 8.72. The zero-order valence-corrected chi connectivity index (χ0v) is 14.4. The number of aromatic nitrogens is 2. The molecule has 0 aliphatic carbocycles. The molecule has 1 aliphatic heterocycles. The third kappa shape index (κ3) is 3.65. The lowest BCUT2D eigenvalue weighted by molar-refractivity contribution is 0.0946. The maximum atomic E-state index is 12.4. The van der Waals surface area contributed by atoms with Gasteiger partial charge < -0.3 is 15.0 Å². The van der Waals surface area contributed by atoms with Crippen LogP contribution >= 0.6 is 0 Å². The van der Waals surface area contributed by atoms with E-state index in [-0.39, 0.29) is 5.91 Å². The van der Waals surface area contributed by atoms with E-state index in [1.54, 1.807) is 6.07 Å². The number of hydrogen-bond donors (Lipinski definition) is 1. The van der Waals surface area contributed by atoms with Crippen molar-refractivity contribution in [3.63, 3.8) is 0 Å². The molecular formula is C20H20N4O2. The maximum Gasteiger partial charge on any atom is 0.270 e. The number of anilines is 1. The smallest absolute Gasteiger partial charge is 0.270 e. The fraction of sp³-hybridized carbons (Fsp3) is 0.250. The van der Waals surface area contributed by atoms with Crippen molar-refractivity contribution in [2.24, 2.45) is 0 Å². The summed E-state index contributed by atoms with van der Waals surface area (Å²) >= 11 is 0. The highest BCUT2D eigenvalue weighted by Crippen LogP contribution is 2.14. The molecule has 4 rings (SSSR count). The van der Waals surface area contributed by atoms with Crippen LogP contribution in [0.4, 0.5) is 5.82 Å². The quantitative estimate of drug-likeness (QED) is 0.784. The molecule has 0 bridgehead atoms. The molecule has 26 heavy (non-hydrogen) atoms. The Labute approximate surface area is 151 Å². The second kappa shape index (κ2) is 7.49. The van der Waals surface area contributed by atoms with E-state index in [0.717, 1.165) is 48.7 Å². The van der Waals surface area contributed by atoms with Crippen molar-refractivity contribution in [3.8, 4) is 0 Å². The van der Waals surface area contributed by atoms with Crippen LogP contribution in [0.15, 0.2) is 54.6 Å². The van der Waals surface area contributed by atoms with Gasteiger partial charge in [0.2, 0.25) is 0 Å². The summed E-state index contributed by atoms with van der Waals surface area (Å²) in [7, 11) is 0. The van der Waals surface area contributed by atoms with Crippen LogP contribution in [0.1, 0.15) is 16.2 Å². The summed E-state index contributed by atoms with van der Waals surface area (Å²) < 4.78 is 5.38. The molecule has 3 aromatic rings. The average Bonchev–Trinajstić information content (AvgIpc) is 2.72. The molecule has 0 spiro atoms. The van der Waals surface area contributed by atoms with Crippen molar-refractivity contribution in [2.45, 2.75) is 6.54 Å². The molecule has 1 aromatic carbocycles. The minimum absolute atomic E-state index is 0.200. The van der Waals surface area contributed by atoms with Gasteiger partial charge in [0, 0.05) is 18.5 Å². The van der Waals surface area contributed by atoms with Crippen molar-refractivity contribution < 1.29 is 9.53 Å². The SMILES string of the molecule is O=C(NCc1cccc(N2CCOCC2)n1)c1ccc2ccccc2n1. The molecule has 6 heteroatoms. The van der Waals surface area contributed by atoms with E-state index in [9.17, 15) is 4.79 Å². The van der Waals surface area contributed by atoms with E-state index in [4.69, 9.17) is 4.74 Å². The summed E-state index contributed by atoms with van der Waals surface area (Å²) in [6.45, 7) is 3.48. The fourth-order valence-corrected chi connectivity index (χ4v) is 2.99. The number of carbonyl (C=O) groups excluding carboxylic acids is 1. The zero-order valence-electron chi connectivity index (χ0n) is 14.4. The standard InChI is InChI=1S/C20H20N4O2/c25-20(18-9-8-15-4-1-2-6-17(15)23-18)21-14-16-5-3-7-19(22-16)24-10-12-26-13-11-24/h1-9H,10-14H2,(H,21,25). The van der Waals surface area contributed by atoms with Crippen molar-refractivity contribution >= 4 is 22.6 Å². The van der Waals surface area contributed by atoms with Gasteiger partial charge in [0.1, 0.15) is 11.5 Å². The average molecular weight is 348 g/mol. The number of hydrogen-bond acceptors (Lipinski definition) is 5. The molecule has 0 unspecified atom stereocenters. The summed E-state index contributed by atoms with van der Waals surface area (Å²) in [6, 6.07) is 17.3. The van der Waals surface area contributed by atoms with Crippen LogP contribution in [0.5, 0.6) is 0 Å². The van der Waals surface area contributed by atoms with Gasteiger partial charge in [-0.3, -0.25) is 4.79 Å². The van der Waals surface area contributed by atoms with E-state index in [1.165, 1.54) is 0 Å². The number of rotatable bonds is 4. The Bertz CT molecular complexity index is 922. The van der Waals surface area contributed by atoms with E-state index >= 15 is 0 Å². The lowest BCUT2D eigenvalue weighted by Crippen LogP contribution is -2.37. The van der Waals surface area contributed by atoms with Crippen LogP contribution < -0.4 is 10.2 Å². The first-order valence-corrected chi connectivity index (χ1v) is 8.72. The van der Waals surface area contributed by atoms with E-state index in [1.807, 2.05) is 48.5 Å². The molecule has 2 aromatic heterocycles. The summed E-state index contributed by atoms with van der Waals surface area (Å²) in [6.07, 6.45) is 0. The Morgan fingerprint density at radius 2 is 1.85 bits per heavy atom. The van der Waals surface area contributed by atoms with E-state index < -0.39 is 0 Å². The summed E-state index contributed by atoms with van der Waals surface area (Å²) in [5.41, 5.74) is 2.05. The monoisotopic (exact) mass is 348 g/mol. The van der Waals surface area contributed by atoms with Crippen LogP contribution in [0.25, 0.3) is 10.9 Å². The highest BCUT2D eigenvalue weighted by Gasteiger charge is 2.13. The van der Waals surface area contributed by atoms with Crippen molar-refractivity contribution in [1.29, 1.82) is 0 Å². The topological polar surface area (TPSA) is 67.4 Å². The van der Waals surface area contributed by atoms with Gasteiger partial charge in [-0.2, -0.15) is 0 Å². The predicted octanol–water partition coefficient (Wildman–Crippen LogP) is 2.40. The van der Waals surface area contributed by atoms with Gasteiger partial charge in [-0.1, -0.05) is 30.3 Å². The van der Waals surface area contributed by atoms with E-state index in [2.05, 4.69) is 20.2 Å². The van der Waals surface area contributed by atoms with E-state index in [0.29, 0.717) is 12.2 Å². The Morgan fingerprint density at radius 3 is 2.73 bits per heavy atom. The van der Waals surface area contributed by atoms with Crippen LogP contribution in [-0.2, 0) is 11.3 Å². The van der Waals surface area contributed by atoms with Gasteiger partial charge in [-0.15, -0.1) is 0 Å². The molecule has 1 fully saturated rings. The number of amides is 1. The molecule has 1 N–H and O–H groups in total. The Hall–Kier alpha value is -2.99. The number of para-hydroxylation sites is 1. The number of fused-ring (bicyclic) bond motifs is 1. The zero-order chi connectivity index (χ0) is 17.8. The van der Waals surface area contributed by atoms with Gasteiger partial charge in [0.25, 0.3) is 5.91 Å². The van der Waals surface area contributed by atoms with Gasteiger partial charge >= 0.3 is 0 Å². The number of nitrogens with zero attached hydrogens (tertiary/aromatic N) is 3. The van der Waals surface area contributed by atoms with Gasteiger partial charge in [0.05, 0.1) is 31.0 Å². The lowest BCUT2D eigenvalue weighted by Gasteiger charge is -2.28. The second-order valence-electron chi connectivity index (χ2n) is 6.16.